The summed E-state index contributed by atoms with van der Waals surface area (Å²) < 4.78 is 25.5. The summed E-state index contributed by atoms with van der Waals surface area (Å²) in [4.78, 5) is 24.2. The Labute approximate surface area is 155 Å². The van der Waals surface area contributed by atoms with Crippen LogP contribution in [0.25, 0.3) is 10.9 Å². The molecule has 7 heteroatoms. The van der Waals surface area contributed by atoms with Crippen molar-refractivity contribution < 1.29 is 23.5 Å². The molecule has 140 valence electrons. The maximum atomic E-state index is 13.6. The highest BCUT2D eigenvalue weighted by molar-refractivity contribution is 6.09. The number of halogens is 1. The number of aromatic nitrogens is 1. The van der Waals surface area contributed by atoms with Crippen LogP contribution in [0.2, 0.25) is 0 Å². The molecule has 0 saturated heterocycles. The highest BCUT2D eigenvalue weighted by atomic mass is 19.1. The number of methoxy groups -OCH3 is 1. The van der Waals surface area contributed by atoms with E-state index >= 15 is 0 Å². The summed E-state index contributed by atoms with van der Waals surface area (Å²) in [5, 5.41) is 3.11. The van der Waals surface area contributed by atoms with Gasteiger partial charge in [0.25, 0.3) is 5.91 Å². The molecule has 0 unspecified atom stereocenters. The van der Waals surface area contributed by atoms with Gasteiger partial charge in [0.05, 0.1) is 24.7 Å². The number of hydrogen-bond donors (Lipinski definition) is 1. The fraction of sp³-hybridized carbons (Fsp3) is 0.200. The second-order valence-electron chi connectivity index (χ2n) is 5.87. The number of rotatable bonds is 6. The normalized spacial score (nSPS) is 10.6. The Hall–Kier alpha value is -3.35. The number of amides is 1. The third-order valence-electron chi connectivity index (χ3n) is 4.07. The molecule has 1 aromatic heterocycles. The third-order valence-corrected chi connectivity index (χ3v) is 4.07. The molecule has 3 aromatic rings. The van der Waals surface area contributed by atoms with E-state index in [4.69, 9.17) is 9.47 Å². The summed E-state index contributed by atoms with van der Waals surface area (Å²) in [6.45, 7) is 1.90. The minimum atomic E-state index is -0.472. The predicted octanol–water partition coefficient (Wildman–Crippen LogP) is 3.26. The Morgan fingerprint density at radius 1 is 1.11 bits per heavy atom. The fourth-order valence-electron chi connectivity index (χ4n) is 2.74. The lowest BCUT2D eigenvalue weighted by atomic mass is 10.1. The van der Waals surface area contributed by atoms with Crippen LogP contribution in [0.4, 0.5) is 4.39 Å². The maximum absolute atomic E-state index is 13.6. The minimum Gasteiger partial charge on any atom is -0.497 e. The van der Waals surface area contributed by atoms with Crippen molar-refractivity contribution in [2.75, 3.05) is 20.3 Å². The van der Waals surface area contributed by atoms with Crippen LogP contribution < -0.4 is 14.8 Å². The molecular weight excluding hydrogens is 351 g/mol. The standard InChI is InChI=1S/C20H19FN2O4/c1-13(24)23-12-18(17-11-14(21)3-8-19(17)23)20(25)22-9-10-27-16-6-4-15(26-2)5-7-16/h3-8,11-12H,9-10H2,1-2H3,(H,22,25). The van der Waals surface area contributed by atoms with Gasteiger partial charge in [-0.15, -0.1) is 0 Å². The molecule has 6 nitrogen and oxygen atoms in total. The van der Waals surface area contributed by atoms with Crippen LogP contribution >= 0.6 is 0 Å². The minimum absolute atomic E-state index is 0.240. The summed E-state index contributed by atoms with van der Waals surface area (Å²) in [7, 11) is 1.58. The first kappa shape index (κ1) is 18.4. The largest absolute Gasteiger partial charge is 0.497 e. The van der Waals surface area contributed by atoms with E-state index < -0.39 is 11.7 Å². The molecule has 0 aliphatic heterocycles. The van der Waals surface area contributed by atoms with Crippen molar-refractivity contribution in [1.82, 2.24) is 9.88 Å². The first-order valence-electron chi connectivity index (χ1n) is 8.36. The number of carbonyl (C=O) groups excluding carboxylic acids is 2. The zero-order valence-corrected chi connectivity index (χ0v) is 15.0. The average molecular weight is 370 g/mol. The first-order valence-corrected chi connectivity index (χ1v) is 8.36. The Morgan fingerprint density at radius 3 is 2.48 bits per heavy atom. The maximum Gasteiger partial charge on any atom is 0.253 e. The molecule has 27 heavy (non-hydrogen) atoms. The van der Waals surface area contributed by atoms with Crippen molar-refractivity contribution >= 4 is 22.7 Å². The summed E-state index contributed by atoms with van der Waals surface area (Å²) >= 11 is 0. The molecule has 1 N–H and O–H groups in total. The fourth-order valence-corrected chi connectivity index (χ4v) is 2.74. The number of benzene rings is 2. The van der Waals surface area contributed by atoms with Gasteiger partial charge in [0.2, 0.25) is 5.91 Å². The lowest BCUT2D eigenvalue weighted by molar-refractivity contribution is 0.0941. The van der Waals surface area contributed by atoms with Crippen LogP contribution in [0.15, 0.2) is 48.7 Å². The van der Waals surface area contributed by atoms with Crippen molar-refractivity contribution in [3.8, 4) is 11.5 Å². The zero-order chi connectivity index (χ0) is 19.4. The third kappa shape index (κ3) is 4.08. The second kappa shape index (κ2) is 7.90. The van der Waals surface area contributed by atoms with Gasteiger partial charge in [-0.05, 0) is 42.5 Å². The summed E-state index contributed by atoms with van der Waals surface area (Å²) in [6, 6.07) is 11.1. The Kier molecular flexibility index (Phi) is 5.40. The Bertz CT molecular complexity index is 980. The molecular formula is C20H19FN2O4. The molecule has 0 atom stereocenters. The van der Waals surface area contributed by atoms with E-state index in [1.54, 1.807) is 31.4 Å². The lowest BCUT2D eigenvalue weighted by Gasteiger charge is -2.08. The summed E-state index contributed by atoms with van der Waals surface area (Å²) in [5.74, 6) is 0.253. The smallest absolute Gasteiger partial charge is 0.253 e. The summed E-state index contributed by atoms with van der Waals surface area (Å²) in [5.41, 5.74) is 0.729. The van der Waals surface area contributed by atoms with Gasteiger partial charge >= 0.3 is 0 Å². The monoisotopic (exact) mass is 370 g/mol. The number of nitrogens with zero attached hydrogens (tertiary/aromatic N) is 1. The number of ether oxygens (including phenoxy) is 2. The van der Waals surface area contributed by atoms with Crippen molar-refractivity contribution in [2.24, 2.45) is 0 Å². The van der Waals surface area contributed by atoms with E-state index in [-0.39, 0.29) is 24.6 Å². The van der Waals surface area contributed by atoms with E-state index in [9.17, 15) is 14.0 Å². The molecule has 3 rings (SSSR count). The molecule has 0 aliphatic rings. The molecule has 0 spiro atoms. The second-order valence-corrected chi connectivity index (χ2v) is 5.87. The number of fused-ring (bicyclic) bond motifs is 1. The quantitative estimate of drug-likeness (QED) is 0.676. The molecule has 0 fully saturated rings. The molecule has 0 saturated carbocycles. The van der Waals surface area contributed by atoms with Crippen LogP contribution in [0.3, 0.4) is 0 Å². The zero-order valence-electron chi connectivity index (χ0n) is 15.0. The highest BCUT2D eigenvalue weighted by Crippen LogP contribution is 2.23. The number of hydrogen-bond acceptors (Lipinski definition) is 4. The summed E-state index contributed by atoms with van der Waals surface area (Å²) in [6.07, 6.45) is 1.42. The van der Waals surface area contributed by atoms with Crippen molar-refractivity contribution in [2.45, 2.75) is 6.92 Å². The molecule has 0 radical (unpaired) electrons. The molecule has 0 aliphatic carbocycles. The van der Waals surface area contributed by atoms with E-state index in [1.807, 2.05) is 0 Å². The Balaban J connectivity index is 1.65. The molecule has 1 amide bonds. The highest BCUT2D eigenvalue weighted by Gasteiger charge is 2.17. The van der Waals surface area contributed by atoms with Gasteiger partial charge in [0, 0.05) is 18.5 Å². The van der Waals surface area contributed by atoms with Crippen LogP contribution in [0.1, 0.15) is 22.1 Å². The number of carbonyl (C=O) groups is 2. The van der Waals surface area contributed by atoms with Crippen molar-refractivity contribution in [3.63, 3.8) is 0 Å². The van der Waals surface area contributed by atoms with Crippen LogP contribution in [-0.4, -0.2) is 36.6 Å². The van der Waals surface area contributed by atoms with Crippen LogP contribution in [0.5, 0.6) is 11.5 Å². The van der Waals surface area contributed by atoms with E-state index in [0.717, 1.165) is 5.75 Å². The van der Waals surface area contributed by atoms with Gasteiger partial charge in [0.1, 0.15) is 23.9 Å². The van der Waals surface area contributed by atoms with E-state index in [1.165, 1.54) is 35.9 Å². The molecule has 2 aromatic carbocycles. The van der Waals surface area contributed by atoms with Gasteiger partial charge in [0.15, 0.2) is 0 Å². The molecule has 0 bridgehead atoms. The van der Waals surface area contributed by atoms with E-state index in [0.29, 0.717) is 16.7 Å². The first-order chi connectivity index (χ1) is 13.0. The topological polar surface area (TPSA) is 69.6 Å². The van der Waals surface area contributed by atoms with Crippen molar-refractivity contribution in [3.05, 3.63) is 60.0 Å². The van der Waals surface area contributed by atoms with E-state index in [2.05, 4.69) is 5.32 Å². The van der Waals surface area contributed by atoms with Crippen LogP contribution in [0, 0.1) is 5.82 Å². The average Bonchev–Trinajstić information content (AvgIpc) is 3.04. The predicted molar refractivity (Wildman–Crippen MR) is 99.0 cm³/mol. The molecule has 1 heterocycles. The number of nitrogens with one attached hydrogen (secondary N) is 1. The SMILES string of the molecule is COc1ccc(OCCNC(=O)c2cn(C(C)=O)c3ccc(F)cc23)cc1. The lowest BCUT2D eigenvalue weighted by Crippen LogP contribution is -2.28. The Morgan fingerprint density at radius 2 is 1.81 bits per heavy atom. The van der Waals surface area contributed by atoms with Gasteiger partial charge in [-0.25, -0.2) is 4.39 Å². The van der Waals surface area contributed by atoms with Gasteiger partial charge in [-0.1, -0.05) is 0 Å². The van der Waals surface area contributed by atoms with Crippen LogP contribution in [-0.2, 0) is 0 Å². The van der Waals surface area contributed by atoms with Gasteiger partial charge in [-0.3, -0.25) is 14.2 Å². The van der Waals surface area contributed by atoms with Crippen molar-refractivity contribution in [1.29, 1.82) is 0 Å². The van der Waals surface area contributed by atoms with Gasteiger partial charge < -0.3 is 14.8 Å². The van der Waals surface area contributed by atoms with Gasteiger partial charge in [-0.2, -0.15) is 0 Å².